The minimum absolute atomic E-state index is 0.141. The average Bonchev–Trinajstić information content (AvgIpc) is 2.58. The van der Waals surface area contributed by atoms with Crippen molar-refractivity contribution >= 4 is 12.0 Å². The summed E-state index contributed by atoms with van der Waals surface area (Å²) in [7, 11) is 0. The van der Waals surface area contributed by atoms with Crippen molar-refractivity contribution in [3.8, 4) is 0 Å². The molecule has 13 heavy (non-hydrogen) atoms. The second kappa shape index (κ2) is 2.90. The molecule has 1 aliphatic heterocycles. The van der Waals surface area contributed by atoms with E-state index >= 15 is 0 Å². The molecular formula is C8H14N4O. The molecule has 0 aromatic carbocycles. The lowest BCUT2D eigenvalue weighted by molar-refractivity contribution is 0.543. The van der Waals surface area contributed by atoms with E-state index in [0.29, 0.717) is 18.0 Å². The molecule has 0 saturated carbocycles. The van der Waals surface area contributed by atoms with Crippen molar-refractivity contribution in [2.75, 3.05) is 17.2 Å². The van der Waals surface area contributed by atoms with E-state index < -0.39 is 0 Å². The molecule has 5 heteroatoms. The lowest BCUT2D eigenvalue weighted by Gasteiger charge is -2.17. The first-order valence-corrected chi connectivity index (χ1v) is 4.52. The van der Waals surface area contributed by atoms with Gasteiger partial charge in [-0.15, -0.1) is 0 Å². The highest BCUT2D eigenvalue weighted by Gasteiger charge is 2.29. The summed E-state index contributed by atoms with van der Waals surface area (Å²) in [5.74, 6) is 0.683. The number of anilines is 2. The molecule has 2 unspecified atom stereocenters. The highest BCUT2D eigenvalue weighted by atomic mass is 16.4. The van der Waals surface area contributed by atoms with E-state index in [-0.39, 0.29) is 6.01 Å². The Labute approximate surface area is 76.9 Å². The number of hydrogen-bond donors (Lipinski definition) is 1. The summed E-state index contributed by atoms with van der Waals surface area (Å²) in [5, 5.41) is 7.51. The molecular weight excluding hydrogens is 168 g/mol. The third-order valence-electron chi connectivity index (χ3n) is 2.46. The van der Waals surface area contributed by atoms with Gasteiger partial charge in [0.2, 0.25) is 0 Å². The van der Waals surface area contributed by atoms with Gasteiger partial charge in [-0.2, -0.15) is 0 Å². The predicted molar refractivity (Wildman–Crippen MR) is 49.3 cm³/mol. The minimum Gasteiger partial charge on any atom is -0.390 e. The van der Waals surface area contributed by atoms with Gasteiger partial charge >= 0.3 is 12.0 Å². The van der Waals surface area contributed by atoms with Crippen molar-refractivity contribution < 1.29 is 4.42 Å². The van der Waals surface area contributed by atoms with Gasteiger partial charge in [0.15, 0.2) is 0 Å². The van der Waals surface area contributed by atoms with E-state index in [1.807, 2.05) is 0 Å². The molecule has 0 aliphatic carbocycles. The number of rotatable bonds is 1. The van der Waals surface area contributed by atoms with Crippen LogP contribution >= 0.6 is 0 Å². The fraction of sp³-hybridized carbons (Fsp3) is 0.750. The molecule has 1 aromatic heterocycles. The van der Waals surface area contributed by atoms with Crippen molar-refractivity contribution in [1.82, 2.24) is 10.2 Å². The van der Waals surface area contributed by atoms with Crippen LogP contribution in [0.3, 0.4) is 0 Å². The Bertz CT molecular complexity index is 298. The first kappa shape index (κ1) is 8.34. The van der Waals surface area contributed by atoms with Gasteiger partial charge < -0.3 is 15.1 Å². The molecule has 72 valence electrons. The fourth-order valence-electron chi connectivity index (χ4n) is 1.91. The normalized spacial score (nSPS) is 28.3. The zero-order valence-electron chi connectivity index (χ0n) is 7.90. The maximum Gasteiger partial charge on any atom is 0.319 e. The third-order valence-corrected chi connectivity index (χ3v) is 2.46. The number of aromatic nitrogens is 2. The number of nitrogens with zero attached hydrogens (tertiary/aromatic N) is 3. The second-order valence-corrected chi connectivity index (χ2v) is 3.77. The summed E-state index contributed by atoms with van der Waals surface area (Å²) in [5.41, 5.74) is 5.36. The highest BCUT2D eigenvalue weighted by molar-refractivity contribution is 5.31. The average molecular weight is 182 g/mol. The molecule has 0 amide bonds. The zero-order valence-corrected chi connectivity index (χ0v) is 7.90. The van der Waals surface area contributed by atoms with Crippen molar-refractivity contribution in [2.24, 2.45) is 5.92 Å². The van der Waals surface area contributed by atoms with E-state index in [2.05, 4.69) is 28.9 Å². The molecule has 1 saturated heterocycles. The summed E-state index contributed by atoms with van der Waals surface area (Å²) in [6.45, 7) is 5.35. The Balaban J connectivity index is 2.17. The molecule has 1 fully saturated rings. The SMILES string of the molecule is CC1CC(C)N(c2nnc(N)o2)C1. The standard InChI is InChI=1S/C8H14N4O/c1-5-3-6(2)12(4-5)8-11-10-7(9)13-8/h5-6H,3-4H2,1-2H3,(H2,9,10). The van der Waals surface area contributed by atoms with Crippen LogP contribution in [0.2, 0.25) is 0 Å². The summed E-state index contributed by atoms with van der Waals surface area (Å²) in [6, 6.07) is 1.16. The van der Waals surface area contributed by atoms with E-state index in [1.54, 1.807) is 0 Å². The van der Waals surface area contributed by atoms with Crippen LogP contribution in [0.15, 0.2) is 4.42 Å². The molecule has 0 radical (unpaired) electrons. The van der Waals surface area contributed by atoms with Crippen LogP contribution in [-0.4, -0.2) is 22.8 Å². The third kappa shape index (κ3) is 1.46. The van der Waals surface area contributed by atoms with Gasteiger partial charge in [0.25, 0.3) is 0 Å². The Morgan fingerprint density at radius 2 is 2.23 bits per heavy atom. The molecule has 5 nitrogen and oxygen atoms in total. The van der Waals surface area contributed by atoms with Crippen LogP contribution in [-0.2, 0) is 0 Å². The molecule has 2 heterocycles. The van der Waals surface area contributed by atoms with E-state index in [4.69, 9.17) is 10.2 Å². The predicted octanol–water partition coefficient (Wildman–Crippen LogP) is 0.886. The first-order valence-electron chi connectivity index (χ1n) is 4.52. The monoisotopic (exact) mass is 182 g/mol. The van der Waals surface area contributed by atoms with E-state index in [9.17, 15) is 0 Å². The largest absolute Gasteiger partial charge is 0.390 e. The van der Waals surface area contributed by atoms with Crippen molar-refractivity contribution in [3.05, 3.63) is 0 Å². The van der Waals surface area contributed by atoms with Gasteiger partial charge in [-0.3, -0.25) is 0 Å². The summed E-state index contributed by atoms with van der Waals surface area (Å²) in [4.78, 5) is 2.11. The molecule has 1 aliphatic rings. The van der Waals surface area contributed by atoms with Crippen LogP contribution in [0, 0.1) is 5.92 Å². The van der Waals surface area contributed by atoms with Crippen LogP contribution in [0.5, 0.6) is 0 Å². The fourth-order valence-corrected chi connectivity index (χ4v) is 1.91. The number of nitrogen functional groups attached to an aromatic ring is 1. The maximum atomic E-state index is 5.36. The lowest BCUT2D eigenvalue weighted by Crippen LogP contribution is -2.26. The van der Waals surface area contributed by atoms with E-state index in [1.165, 1.54) is 6.42 Å². The van der Waals surface area contributed by atoms with Crippen LogP contribution < -0.4 is 10.6 Å². The van der Waals surface area contributed by atoms with Crippen LogP contribution in [0.25, 0.3) is 0 Å². The van der Waals surface area contributed by atoms with Crippen LogP contribution in [0.4, 0.5) is 12.0 Å². The quantitative estimate of drug-likeness (QED) is 0.698. The van der Waals surface area contributed by atoms with Crippen molar-refractivity contribution in [2.45, 2.75) is 26.3 Å². The smallest absolute Gasteiger partial charge is 0.319 e. The van der Waals surface area contributed by atoms with Gasteiger partial charge in [0.1, 0.15) is 0 Å². The summed E-state index contributed by atoms with van der Waals surface area (Å²) in [6.07, 6.45) is 1.17. The van der Waals surface area contributed by atoms with Gasteiger partial charge in [-0.25, -0.2) is 0 Å². The van der Waals surface area contributed by atoms with E-state index in [0.717, 1.165) is 6.54 Å². The van der Waals surface area contributed by atoms with Crippen LogP contribution in [0.1, 0.15) is 20.3 Å². The molecule has 2 N–H and O–H groups in total. The zero-order chi connectivity index (χ0) is 9.42. The molecule has 2 atom stereocenters. The number of hydrogen-bond acceptors (Lipinski definition) is 5. The molecule has 2 rings (SSSR count). The van der Waals surface area contributed by atoms with Gasteiger partial charge in [-0.05, 0) is 19.3 Å². The van der Waals surface area contributed by atoms with Gasteiger partial charge in [-0.1, -0.05) is 17.1 Å². The summed E-state index contributed by atoms with van der Waals surface area (Å²) < 4.78 is 5.17. The second-order valence-electron chi connectivity index (χ2n) is 3.77. The maximum absolute atomic E-state index is 5.36. The van der Waals surface area contributed by atoms with Gasteiger partial charge in [0, 0.05) is 12.6 Å². The Morgan fingerprint density at radius 3 is 2.69 bits per heavy atom. The highest BCUT2D eigenvalue weighted by Crippen LogP contribution is 2.27. The first-order chi connectivity index (χ1) is 6.16. The van der Waals surface area contributed by atoms with Gasteiger partial charge in [0.05, 0.1) is 0 Å². The Kier molecular flexibility index (Phi) is 1.86. The van der Waals surface area contributed by atoms with Crippen molar-refractivity contribution in [3.63, 3.8) is 0 Å². The van der Waals surface area contributed by atoms with Crippen molar-refractivity contribution in [1.29, 1.82) is 0 Å². The number of nitrogens with two attached hydrogens (primary N) is 1. The lowest BCUT2D eigenvalue weighted by atomic mass is 10.1. The Hall–Kier alpha value is -1.26. The molecule has 1 aromatic rings. The Morgan fingerprint density at radius 1 is 1.46 bits per heavy atom. The minimum atomic E-state index is 0.141. The topological polar surface area (TPSA) is 68.2 Å². The molecule has 0 spiro atoms. The summed E-state index contributed by atoms with van der Waals surface area (Å²) >= 11 is 0. The molecule has 0 bridgehead atoms.